The Labute approximate surface area is 101 Å². The Bertz CT molecular complexity index is 512. The summed E-state index contributed by atoms with van der Waals surface area (Å²) in [5, 5.41) is 1.31. The molecule has 0 spiro atoms. The minimum absolute atomic E-state index is 0.557. The first-order valence-corrected chi connectivity index (χ1v) is 6.42. The van der Waals surface area contributed by atoms with Crippen LogP contribution < -0.4 is 0 Å². The molecule has 3 heteroatoms. The monoisotopic (exact) mass is 230 g/mol. The highest BCUT2D eigenvalue weighted by atomic mass is 16.5. The fourth-order valence-corrected chi connectivity index (χ4v) is 2.68. The molecule has 3 nitrogen and oxygen atoms in total. The van der Waals surface area contributed by atoms with Crippen LogP contribution in [-0.4, -0.2) is 22.8 Å². The molecular weight excluding hydrogens is 212 g/mol. The topological polar surface area (TPSA) is 27.1 Å². The minimum atomic E-state index is 0.557. The van der Waals surface area contributed by atoms with Gasteiger partial charge in [-0.25, -0.2) is 4.98 Å². The van der Waals surface area contributed by atoms with E-state index in [9.17, 15) is 0 Å². The third kappa shape index (κ3) is 1.84. The van der Waals surface area contributed by atoms with Crippen molar-refractivity contribution < 1.29 is 4.74 Å². The molecule has 1 aliphatic heterocycles. The number of rotatable bonds is 2. The summed E-state index contributed by atoms with van der Waals surface area (Å²) in [5.74, 6) is 0. The van der Waals surface area contributed by atoms with Crippen LogP contribution in [0.25, 0.3) is 11.0 Å². The largest absolute Gasteiger partial charge is 0.381 e. The van der Waals surface area contributed by atoms with Crippen LogP contribution in [0.4, 0.5) is 0 Å². The Hall–Kier alpha value is -1.35. The van der Waals surface area contributed by atoms with Crippen molar-refractivity contribution in [2.75, 3.05) is 13.2 Å². The zero-order chi connectivity index (χ0) is 11.7. The molecule has 1 fully saturated rings. The molecule has 1 saturated heterocycles. The number of fused-ring (bicyclic) bond motifs is 1. The second-order valence-corrected chi connectivity index (χ2v) is 4.63. The van der Waals surface area contributed by atoms with Gasteiger partial charge in [-0.15, -0.1) is 0 Å². The summed E-state index contributed by atoms with van der Waals surface area (Å²) >= 11 is 0. The number of pyridine rings is 1. The molecule has 0 unspecified atom stereocenters. The fourth-order valence-electron chi connectivity index (χ4n) is 2.68. The van der Waals surface area contributed by atoms with Gasteiger partial charge in [0.2, 0.25) is 0 Å². The van der Waals surface area contributed by atoms with Crippen molar-refractivity contribution >= 4 is 11.0 Å². The number of aromatic nitrogens is 2. The predicted octanol–water partition coefficient (Wildman–Crippen LogP) is 2.95. The molecule has 0 aliphatic carbocycles. The van der Waals surface area contributed by atoms with Crippen LogP contribution >= 0.6 is 0 Å². The molecule has 0 bridgehead atoms. The molecule has 0 atom stereocenters. The number of aryl methyl sites for hydroxylation is 1. The van der Waals surface area contributed by atoms with E-state index >= 15 is 0 Å². The van der Waals surface area contributed by atoms with Crippen LogP contribution in [0, 0.1) is 0 Å². The van der Waals surface area contributed by atoms with Gasteiger partial charge in [0.05, 0.1) is 0 Å². The van der Waals surface area contributed by atoms with E-state index < -0.39 is 0 Å². The van der Waals surface area contributed by atoms with Crippen molar-refractivity contribution in [1.82, 2.24) is 9.55 Å². The molecule has 17 heavy (non-hydrogen) atoms. The quantitative estimate of drug-likeness (QED) is 0.793. The lowest BCUT2D eigenvalue weighted by Crippen LogP contribution is -2.19. The first kappa shape index (κ1) is 10.8. The lowest BCUT2D eigenvalue weighted by molar-refractivity contribution is 0.0705. The summed E-state index contributed by atoms with van der Waals surface area (Å²) in [6.45, 7) is 3.95. The van der Waals surface area contributed by atoms with E-state index in [0.29, 0.717) is 6.04 Å². The van der Waals surface area contributed by atoms with Gasteiger partial charge in [0.1, 0.15) is 5.65 Å². The van der Waals surface area contributed by atoms with Crippen molar-refractivity contribution in [1.29, 1.82) is 0 Å². The molecule has 3 heterocycles. The van der Waals surface area contributed by atoms with E-state index in [4.69, 9.17) is 4.74 Å². The molecule has 2 aromatic rings. The summed E-state index contributed by atoms with van der Waals surface area (Å²) < 4.78 is 7.79. The van der Waals surface area contributed by atoms with Crippen molar-refractivity contribution in [3.05, 3.63) is 30.1 Å². The molecule has 0 N–H and O–H groups in total. The van der Waals surface area contributed by atoms with E-state index in [-0.39, 0.29) is 0 Å². The van der Waals surface area contributed by atoms with Gasteiger partial charge in [0.25, 0.3) is 0 Å². The molecule has 3 rings (SSSR count). The highest BCUT2D eigenvalue weighted by Gasteiger charge is 2.19. The van der Waals surface area contributed by atoms with Gasteiger partial charge >= 0.3 is 0 Å². The zero-order valence-corrected chi connectivity index (χ0v) is 10.2. The maximum atomic E-state index is 5.43. The third-order valence-electron chi connectivity index (χ3n) is 3.64. The first-order valence-electron chi connectivity index (χ1n) is 6.42. The number of hydrogen-bond acceptors (Lipinski definition) is 2. The van der Waals surface area contributed by atoms with Gasteiger partial charge in [-0.05, 0) is 37.0 Å². The van der Waals surface area contributed by atoms with Crippen molar-refractivity contribution in [2.24, 2.45) is 0 Å². The van der Waals surface area contributed by atoms with E-state index in [1.54, 1.807) is 0 Å². The predicted molar refractivity (Wildman–Crippen MR) is 68.2 cm³/mol. The van der Waals surface area contributed by atoms with E-state index in [0.717, 1.165) is 38.1 Å². The molecule has 0 amide bonds. The highest BCUT2D eigenvalue weighted by Crippen LogP contribution is 2.28. The summed E-state index contributed by atoms with van der Waals surface area (Å²) in [7, 11) is 0. The number of ether oxygens (including phenoxy) is 1. The van der Waals surface area contributed by atoms with E-state index in [2.05, 4.69) is 28.7 Å². The molecule has 2 aromatic heterocycles. The van der Waals surface area contributed by atoms with Gasteiger partial charge in [0, 0.05) is 37.0 Å². The number of nitrogens with zero attached hydrogens (tertiary/aromatic N) is 2. The SMILES string of the molecule is CCc1cn(C2CCOCC2)c2ncccc12. The normalized spacial score (nSPS) is 17.7. The lowest BCUT2D eigenvalue weighted by atomic mass is 10.1. The van der Waals surface area contributed by atoms with Gasteiger partial charge in [-0.2, -0.15) is 0 Å². The Kier molecular flexibility index (Phi) is 2.85. The van der Waals surface area contributed by atoms with Gasteiger partial charge in [0.15, 0.2) is 0 Å². The Morgan fingerprint density at radius 3 is 3.00 bits per heavy atom. The lowest BCUT2D eigenvalue weighted by Gasteiger charge is -2.24. The van der Waals surface area contributed by atoms with Crippen LogP contribution in [0.2, 0.25) is 0 Å². The first-order chi connectivity index (χ1) is 8.40. The van der Waals surface area contributed by atoms with Crippen LogP contribution in [0.3, 0.4) is 0 Å². The summed E-state index contributed by atoms with van der Waals surface area (Å²) in [4.78, 5) is 4.55. The van der Waals surface area contributed by atoms with Gasteiger partial charge < -0.3 is 9.30 Å². The molecule has 0 aromatic carbocycles. The fraction of sp³-hybridized carbons (Fsp3) is 0.500. The number of hydrogen-bond donors (Lipinski definition) is 0. The van der Waals surface area contributed by atoms with Crippen LogP contribution in [0.15, 0.2) is 24.5 Å². The van der Waals surface area contributed by atoms with Gasteiger partial charge in [-0.1, -0.05) is 6.92 Å². The average Bonchev–Trinajstić information content (AvgIpc) is 2.78. The van der Waals surface area contributed by atoms with E-state index in [1.165, 1.54) is 10.9 Å². The standard InChI is InChI=1S/C14H18N2O/c1-2-11-10-16(12-5-8-17-9-6-12)14-13(11)4-3-7-15-14/h3-4,7,10,12H,2,5-6,8-9H2,1H3. The molecular formula is C14H18N2O. The Morgan fingerprint density at radius 1 is 1.41 bits per heavy atom. The summed E-state index contributed by atoms with van der Waals surface area (Å²) in [6, 6.07) is 4.76. The van der Waals surface area contributed by atoms with Crippen LogP contribution in [-0.2, 0) is 11.2 Å². The summed E-state index contributed by atoms with van der Waals surface area (Å²) in [5.41, 5.74) is 2.54. The minimum Gasteiger partial charge on any atom is -0.381 e. The van der Waals surface area contributed by atoms with Gasteiger partial charge in [-0.3, -0.25) is 0 Å². The molecule has 90 valence electrons. The van der Waals surface area contributed by atoms with Crippen LogP contribution in [0.5, 0.6) is 0 Å². The zero-order valence-electron chi connectivity index (χ0n) is 10.2. The maximum absolute atomic E-state index is 5.43. The third-order valence-corrected chi connectivity index (χ3v) is 3.64. The van der Waals surface area contributed by atoms with E-state index in [1.807, 2.05) is 12.3 Å². The van der Waals surface area contributed by atoms with Crippen molar-refractivity contribution in [3.8, 4) is 0 Å². The Balaban J connectivity index is 2.08. The molecule has 0 saturated carbocycles. The second kappa shape index (κ2) is 4.49. The maximum Gasteiger partial charge on any atom is 0.140 e. The smallest absolute Gasteiger partial charge is 0.140 e. The Morgan fingerprint density at radius 2 is 2.24 bits per heavy atom. The van der Waals surface area contributed by atoms with Crippen LogP contribution in [0.1, 0.15) is 31.4 Å². The average molecular weight is 230 g/mol. The molecule has 1 aliphatic rings. The second-order valence-electron chi connectivity index (χ2n) is 4.63. The van der Waals surface area contributed by atoms with Crippen molar-refractivity contribution in [2.45, 2.75) is 32.2 Å². The highest BCUT2D eigenvalue weighted by molar-refractivity contribution is 5.80. The molecule has 0 radical (unpaired) electrons. The summed E-state index contributed by atoms with van der Waals surface area (Å²) in [6.07, 6.45) is 7.44. The van der Waals surface area contributed by atoms with Crippen molar-refractivity contribution in [3.63, 3.8) is 0 Å².